The predicted molar refractivity (Wildman–Crippen MR) is 142 cm³/mol. The average molecular weight is 513 g/mol. The summed E-state index contributed by atoms with van der Waals surface area (Å²) in [4.78, 5) is 33.1. The van der Waals surface area contributed by atoms with E-state index in [9.17, 15) is 14.7 Å². The molecule has 2 aliphatic heterocycles. The van der Waals surface area contributed by atoms with Crippen molar-refractivity contribution in [3.63, 3.8) is 0 Å². The number of amides is 1. The number of carbonyl (C=O) groups is 2. The summed E-state index contributed by atoms with van der Waals surface area (Å²) in [5.74, 6) is -0.694. The highest BCUT2D eigenvalue weighted by Crippen LogP contribution is 2.45. The minimum absolute atomic E-state index is 0.0152. The molecule has 0 aliphatic carbocycles. The van der Waals surface area contributed by atoms with Gasteiger partial charge in [-0.05, 0) is 60.4 Å². The van der Waals surface area contributed by atoms with E-state index in [0.717, 1.165) is 27.8 Å². The molecule has 1 fully saturated rings. The highest BCUT2D eigenvalue weighted by molar-refractivity contribution is 7.22. The Kier molecular flexibility index (Phi) is 5.68. The van der Waals surface area contributed by atoms with Crippen LogP contribution < -0.4 is 14.4 Å². The molecule has 186 valence electrons. The Bertz CT molecular complexity index is 1590. The van der Waals surface area contributed by atoms with Gasteiger partial charge in [0.15, 0.2) is 16.6 Å². The highest BCUT2D eigenvalue weighted by Gasteiger charge is 2.48. The van der Waals surface area contributed by atoms with Crippen molar-refractivity contribution >= 4 is 44.1 Å². The molecule has 1 aromatic heterocycles. The summed E-state index contributed by atoms with van der Waals surface area (Å²) in [6.07, 6.45) is 0.856. The number of nitrogens with zero attached hydrogens (tertiary/aromatic N) is 2. The summed E-state index contributed by atoms with van der Waals surface area (Å²) in [5.41, 5.74) is 4.06. The van der Waals surface area contributed by atoms with Crippen molar-refractivity contribution in [2.45, 2.75) is 26.3 Å². The summed E-state index contributed by atoms with van der Waals surface area (Å²) in [5, 5.41) is 11.9. The first-order valence-corrected chi connectivity index (χ1v) is 12.9. The molecule has 1 unspecified atom stereocenters. The van der Waals surface area contributed by atoms with Crippen LogP contribution in [-0.4, -0.2) is 35.0 Å². The second-order valence-electron chi connectivity index (χ2n) is 9.09. The van der Waals surface area contributed by atoms with Gasteiger partial charge in [0.1, 0.15) is 19.0 Å². The number of ether oxygens (including phenoxy) is 2. The number of thiazole rings is 1. The molecule has 6 rings (SSSR count). The van der Waals surface area contributed by atoms with Crippen LogP contribution in [0.25, 0.3) is 16.0 Å². The summed E-state index contributed by atoms with van der Waals surface area (Å²) in [6.45, 7) is 4.89. The molecule has 8 heteroatoms. The molecule has 7 nitrogen and oxygen atoms in total. The number of rotatable bonds is 4. The fourth-order valence-corrected chi connectivity index (χ4v) is 5.84. The maximum Gasteiger partial charge on any atom is 0.301 e. The van der Waals surface area contributed by atoms with Crippen LogP contribution in [-0.2, 0) is 16.0 Å². The van der Waals surface area contributed by atoms with Gasteiger partial charge in [0, 0.05) is 5.56 Å². The van der Waals surface area contributed by atoms with Crippen LogP contribution in [0.2, 0.25) is 0 Å². The first-order chi connectivity index (χ1) is 17.9. The van der Waals surface area contributed by atoms with Crippen molar-refractivity contribution in [2.24, 2.45) is 0 Å². The fraction of sp³-hybridized carbons (Fsp3) is 0.207. The van der Waals surface area contributed by atoms with Crippen molar-refractivity contribution < 1.29 is 24.2 Å². The Hall–Kier alpha value is -4.17. The molecule has 1 atom stereocenters. The van der Waals surface area contributed by atoms with Gasteiger partial charge in [0.05, 0.1) is 21.8 Å². The van der Waals surface area contributed by atoms with E-state index in [4.69, 9.17) is 9.47 Å². The number of Topliss-reactive ketones (excluding diaryl/α,β-unsaturated/α-hetero) is 1. The average Bonchev–Trinajstić information content (AvgIpc) is 3.45. The molecule has 0 radical (unpaired) electrons. The lowest BCUT2D eigenvalue weighted by molar-refractivity contribution is -0.132. The topological polar surface area (TPSA) is 89.0 Å². The maximum absolute atomic E-state index is 13.5. The van der Waals surface area contributed by atoms with Gasteiger partial charge in [-0.15, -0.1) is 0 Å². The van der Waals surface area contributed by atoms with E-state index in [1.807, 2.05) is 49.4 Å². The summed E-state index contributed by atoms with van der Waals surface area (Å²) >= 11 is 1.35. The normalized spacial score (nSPS) is 18.5. The second kappa shape index (κ2) is 9.05. The lowest BCUT2D eigenvalue weighted by atomic mass is 9.94. The molecule has 4 aromatic rings. The number of hydrogen-bond donors (Lipinski definition) is 1. The largest absolute Gasteiger partial charge is 0.507 e. The quantitative estimate of drug-likeness (QED) is 0.219. The number of ketones is 1. The van der Waals surface area contributed by atoms with Crippen LogP contribution in [0.1, 0.15) is 35.2 Å². The summed E-state index contributed by atoms with van der Waals surface area (Å²) in [7, 11) is 0. The van der Waals surface area contributed by atoms with Crippen LogP contribution in [0.5, 0.6) is 11.5 Å². The SMILES string of the molecule is CCc1ccc(C2/C(=C(/O)c3ccc4c(c3)OCCO4)C(=O)C(=O)N2c2nc3ccc(C)cc3s2)cc1. The van der Waals surface area contributed by atoms with Crippen molar-refractivity contribution in [1.82, 2.24) is 4.98 Å². The van der Waals surface area contributed by atoms with Crippen molar-refractivity contribution in [3.05, 3.63) is 88.5 Å². The van der Waals surface area contributed by atoms with Crippen LogP contribution in [0, 0.1) is 6.92 Å². The number of benzene rings is 3. The first-order valence-electron chi connectivity index (χ1n) is 12.1. The number of fused-ring (bicyclic) bond motifs is 2. The van der Waals surface area contributed by atoms with E-state index in [1.54, 1.807) is 18.2 Å². The van der Waals surface area contributed by atoms with Crippen LogP contribution >= 0.6 is 11.3 Å². The number of carbonyl (C=O) groups excluding carboxylic acids is 2. The summed E-state index contributed by atoms with van der Waals surface area (Å²) in [6, 6.07) is 17.8. The molecule has 3 heterocycles. The number of hydrogen-bond acceptors (Lipinski definition) is 7. The number of aliphatic hydroxyl groups excluding tert-OH is 1. The van der Waals surface area contributed by atoms with Gasteiger partial charge in [0.2, 0.25) is 0 Å². The molecular formula is C29H24N2O5S. The van der Waals surface area contributed by atoms with Crippen molar-refractivity contribution in [3.8, 4) is 11.5 Å². The lowest BCUT2D eigenvalue weighted by Gasteiger charge is -2.23. The van der Waals surface area contributed by atoms with Crippen LogP contribution in [0.4, 0.5) is 5.13 Å². The monoisotopic (exact) mass is 512 g/mol. The van der Waals surface area contributed by atoms with Gasteiger partial charge >= 0.3 is 5.91 Å². The standard InChI is InChI=1S/C29H24N2O5S/c1-3-17-5-7-18(8-6-17)25-24(26(32)19-9-11-21-22(15-19)36-13-12-35-21)27(33)28(34)31(25)29-30-20-10-4-16(2)14-23(20)37-29/h4-11,14-15,25,32H,3,12-13H2,1-2H3/b26-24-. The van der Waals surface area contributed by atoms with E-state index in [2.05, 4.69) is 11.9 Å². The maximum atomic E-state index is 13.5. The second-order valence-corrected chi connectivity index (χ2v) is 10.1. The van der Waals surface area contributed by atoms with Crippen LogP contribution in [0.3, 0.4) is 0 Å². The molecule has 0 bridgehead atoms. The summed E-state index contributed by atoms with van der Waals surface area (Å²) < 4.78 is 12.2. The fourth-order valence-electron chi connectivity index (χ4n) is 4.75. The molecule has 1 N–H and O–H groups in total. The Morgan fingerprint density at radius 1 is 1.03 bits per heavy atom. The smallest absolute Gasteiger partial charge is 0.301 e. The lowest BCUT2D eigenvalue weighted by Crippen LogP contribution is -2.29. The van der Waals surface area contributed by atoms with E-state index in [0.29, 0.717) is 41.0 Å². The third-order valence-corrected chi connectivity index (χ3v) is 7.72. The Morgan fingerprint density at radius 3 is 2.54 bits per heavy atom. The molecule has 1 saturated heterocycles. The minimum Gasteiger partial charge on any atom is -0.507 e. The first kappa shape index (κ1) is 23.2. The molecule has 37 heavy (non-hydrogen) atoms. The van der Waals surface area contributed by atoms with Crippen molar-refractivity contribution in [2.75, 3.05) is 18.1 Å². The third kappa shape index (κ3) is 3.94. The van der Waals surface area contributed by atoms with Gasteiger partial charge in [-0.1, -0.05) is 48.6 Å². The molecule has 0 saturated carbocycles. The van der Waals surface area contributed by atoms with E-state index in [-0.39, 0.29) is 11.3 Å². The van der Waals surface area contributed by atoms with Gasteiger partial charge in [0.25, 0.3) is 5.78 Å². The number of aryl methyl sites for hydroxylation is 2. The Morgan fingerprint density at radius 2 is 1.78 bits per heavy atom. The third-order valence-electron chi connectivity index (χ3n) is 6.70. The van der Waals surface area contributed by atoms with Gasteiger partial charge in [-0.25, -0.2) is 4.98 Å². The minimum atomic E-state index is -0.833. The zero-order valence-electron chi connectivity index (χ0n) is 20.4. The number of anilines is 1. The number of aliphatic hydroxyl groups is 1. The van der Waals surface area contributed by atoms with Gasteiger partial charge in [-0.3, -0.25) is 14.5 Å². The predicted octanol–water partition coefficient (Wildman–Crippen LogP) is 5.56. The number of aromatic nitrogens is 1. The molecule has 3 aromatic carbocycles. The van der Waals surface area contributed by atoms with Crippen LogP contribution in [0.15, 0.2) is 66.2 Å². The molecule has 1 amide bonds. The molecule has 0 spiro atoms. The Labute approximate surface area is 217 Å². The van der Waals surface area contributed by atoms with Gasteiger partial charge in [-0.2, -0.15) is 0 Å². The molecule has 2 aliphatic rings. The van der Waals surface area contributed by atoms with Crippen molar-refractivity contribution in [1.29, 1.82) is 0 Å². The zero-order valence-corrected chi connectivity index (χ0v) is 21.2. The highest BCUT2D eigenvalue weighted by atomic mass is 32.1. The zero-order chi connectivity index (χ0) is 25.7. The van der Waals surface area contributed by atoms with Gasteiger partial charge < -0.3 is 14.6 Å². The van der Waals surface area contributed by atoms with E-state index in [1.165, 1.54) is 16.2 Å². The van der Waals surface area contributed by atoms with E-state index < -0.39 is 17.7 Å². The molecular weight excluding hydrogens is 488 g/mol. The Balaban J connectivity index is 1.53. The van der Waals surface area contributed by atoms with E-state index >= 15 is 0 Å².